The van der Waals surface area contributed by atoms with Crippen molar-refractivity contribution in [1.29, 1.82) is 0 Å². The molecular formula is C14H19N3O2. The molecule has 3 rings (SSSR count). The van der Waals surface area contributed by atoms with Gasteiger partial charge in [-0.2, -0.15) is 0 Å². The summed E-state index contributed by atoms with van der Waals surface area (Å²) in [5.74, 6) is 0.790. The van der Waals surface area contributed by atoms with Crippen molar-refractivity contribution in [3.05, 3.63) is 24.3 Å². The highest BCUT2D eigenvalue weighted by Gasteiger charge is 2.34. The number of carbonyl (C=O) groups is 1. The number of ether oxygens (including phenoxy) is 1. The van der Waals surface area contributed by atoms with Gasteiger partial charge in [0.15, 0.2) is 0 Å². The van der Waals surface area contributed by atoms with Gasteiger partial charge in [-0.05, 0) is 37.1 Å². The van der Waals surface area contributed by atoms with Gasteiger partial charge in [0.05, 0.1) is 7.11 Å². The number of nitrogens with one attached hydrogen (secondary N) is 2. The zero-order valence-corrected chi connectivity index (χ0v) is 11.1. The lowest BCUT2D eigenvalue weighted by Gasteiger charge is -2.32. The molecule has 2 heterocycles. The number of methoxy groups -OCH3 is 1. The predicted octanol–water partition coefficient (Wildman–Crippen LogP) is 1.66. The molecule has 5 heteroatoms. The van der Waals surface area contributed by atoms with Gasteiger partial charge in [0.1, 0.15) is 5.75 Å². The van der Waals surface area contributed by atoms with Crippen LogP contribution in [0.4, 0.5) is 10.5 Å². The molecule has 5 nitrogen and oxygen atoms in total. The summed E-state index contributed by atoms with van der Waals surface area (Å²) in [6.07, 6.45) is 2.36. The van der Waals surface area contributed by atoms with Crippen LogP contribution >= 0.6 is 0 Å². The summed E-state index contributed by atoms with van der Waals surface area (Å²) in [4.78, 5) is 14.1. The van der Waals surface area contributed by atoms with Gasteiger partial charge in [-0.1, -0.05) is 0 Å². The maximum atomic E-state index is 12.2. The molecule has 1 aromatic carbocycles. The topological polar surface area (TPSA) is 53.6 Å². The Morgan fingerprint density at radius 2 is 1.89 bits per heavy atom. The normalized spacial score (nSPS) is 25.2. The van der Waals surface area contributed by atoms with Crippen LogP contribution in [0, 0.1) is 0 Å². The molecule has 2 unspecified atom stereocenters. The number of hydrogen-bond donors (Lipinski definition) is 2. The Labute approximate surface area is 112 Å². The van der Waals surface area contributed by atoms with Crippen LogP contribution in [0.25, 0.3) is 0 Å². The lowest BCUT2D eigenvalue weighted by molar-refractivity contribution is 0.188. The molecule has 2 aliphatic heterocycles. The molecule has 19 heavy (non-hydrogen) atoms. The van der Waals surface area contributed by atoms with E-state index in [1.807, 2.05) is 29.2 Å². The van der Waals surface area contributed by atoms with Crippen molar-refractivity contribution in [3.63, 3.8) is 0 Å². The SMILES string of the molecule is COc1ccc(NC(=O)N2CC3CCC(C2)N3)cc1. The number of rotatable bonds is 2. The third-order valence-electron chi connectivity index (χ3n) is 3.85. The third kappa shape index (κ3) is 2.66. The minimum atomic E-state index is -0.0106. The van der Waals surface area contributed by atoms with Crippen molar-refractivity contribution in [1.82, 2.24) is 10.2 Å². The maximum absolute atomic E-state index is 12.2. The van der Waals surface area contributed by atoms with Crippen LogP contribution in [0.1, 0.15) is 12.8 Å². The molecule has 1 aromatic rings. The summed E-state index contributed by atoms with van der Waals surface area (Å²) in [6, 6.07) is 8.33. The van der Waals surface area contributed by atoms with Gasteiger partial charge in [0, 0.05) is 30.9 Å². The van der Waals surface area contributed by atoms with E-state index in [2.05, 4.69) is 10.6 Å². The van der Waals surface area contributed by atoms with Gasteiger partial charge >= 0.3 is 6.03 Å². The van der Waals surface area contributed by atoms with Gasteiger partial charge in [0.25, 0.3) is 0 Å². The lowest BCUT2D eigenvalue weighted by atomic mass is 10.2. The summed E-state index contributed by atoms with van der Waals surface area (Å²) >= 11 is 0. The molecule has 0 aromatic heterocycles. The molecule has 2 N–H and O–H groups in total. The molecule has 2 atom stereocenters. The molecular weight excluding hydrogens is 242 g/mol. The second-order valence-corrected chi connectivity index (χ2v) is 5.20. The molecule has 0 aliphatic carbocycles. The van der Waals surface area contributed by atoms with E-state index in [1.54, 1.807) is 7.11 Å². The zero-order valence-electron chi connectivity index (χ0n) is 11.1. The Balaban J connectivity index is 1.61. The van der Waals surface area contributed by atoms with Crippen molar-refractivity contribution in [2.75, 3.05) is 25.5 Å². The van der Waals surface area contributed by atoms with Crippen LogP contribution in [-0.4, -0.2) is 43.2 Å². The number of hydrogen-bond acceptors (Lipinski definition) is 3. The van der Waals surface area contributed by atoms with E-state index in [0.29, 0.717) is 12.1 Å². The van der Waals surface area contributed by atoms with Crippen molar-refractivity contribution in [2.45, 2.75) is 24.9 Å². The monoisotopic (exact) mass is 261 g/mol. The van der Waals surface area contributed by atoms with Crippen molar-refractivity contribution < 1.29 is 9.53 Å². The Bertz CT molecular complexity index is 448. The maximum Gasteiger partial charge on any atom is 0.321 e. The van der Waals surface area contributed by atoms with Crippen LogP contribution in [0.5, 0.6) is 5.75 Å². The van der Waals surface area contributed by atoms with Gasteiger partial charge in [0.2, 0.25) is 0 Å². The first-order valence-corrected chi connectivity index (χ1v) is 6.70. The average Bonchev–Trinajstić information content (AvgIpc) is 2.78. The van der Waals surface area contributed by atoms with Crippen molar-refractivity contribution in [3.8, 4) is 5.75 Å². The number of benzene rings is 1. The largest absolute Gasteiger partial charge is 0.497 e. The Kier molecular flexibility index (Phi) is 3.29. The molecule has 2 bridgehead atoms. The second-order valence-electron chi connectivity index (χ2n) is 5.20. The first-order valence-electron chi connectivity index (χ1n) is 6.70. The third-order valence-corrected chi connectivity index (χ3v) is 3.85. The number of amides is 2. The smallest absolute Gasteiger partial charge is 0.321 e. The predicted molar refractivity (Wildman–Crippen MR) is 73.5 cm³/mol. The highest BCUT2D eigenvalue weighted by Crippen LogP contribution is 2.21. The molecule has 2 saturated heterocycles. The molecule has 102 valence electrons. The van der Waals surface area contributed by atoms with E-state index >= 15 is 0 Å². The standard InChI is InChI=1S/C14H19N3O2/c1-19-13-6-4-10(5-7-13)16-14(18)17-8-11-2-3-12(9-17)15-11/h4-7,11-12,15H,2-3,8-9H2,1H3,(H,16,18). The highest BCUT2D eigenvalue weighted by atomic mass is 16.5. The van der Waals surface area contributed by atoms with Crippen LogP contribution in [-0.2, 0) is 0 Å². The number of piperazine rings is 1. The number of nitrogens with zero attached hydrogens (tertiary/aromatic N) is 1. The van der Waals surface area contributed by atoms with Crippen molar-refractivity contribution >= 4 is 11.7 Å². The molecule has 0 spiro atoms. The van der Waals surface area contributed by atoms with E-state index in [1.165, 1.54) is 12.8 Å². The second kappa shape index (κ2) is 5.09. The Morgan fingerprint density at radius 1 is 1.26 bits per heavy atom. The van der Waals surface area contributed by atoms with Gasteiger partial charge in [-0.3, -0.25) is 0 Å². The number of urea groups is 1. The van der Waals surface area contributed by atoms with Crippen LogP contribution in [0.2, 0.25) is 0 Å². The number of likely N-dealkylation sites (tertiary alicyclic amines) is 1. The summed E-state index contributed by atoms with van der Waals surface area (Å²) in [7, 11) is 1.63. The fourth-order valence-electron chi connectivity index (χ4n) is 2.84. The Hall–Kier alpha value is -1.75. The highest BCUT2D eigenvalue weighted by molar-refractivity contribution is 5.89. The minimum absolute atomic E-state index is 0.0106. The van der Waals surface area contributed by atoms with Crippen molar-refractivity contribution in [2.24, 2.45) is 0 Å². The zero-order chi connectivity index (χ0) is 13.2. The quantitative estimate of drug-likeness (QED) is 0.851. The molecule has 0 saturated carbocycles. The van der Waals surface area contributed by atoms with E-state index in [-0.39, 0.29) is 6.03 Å². The fraction of sp³-hybridized carbons (Fsp3) is 0.500. The van der Waals surface area contributed by atoms with Crippen LogP contribution in [0.15, 0.2) is 24.3 Å². The minimum Gasteiger partial charge on any atom is -0.497 e. The summed E-state index contributed by atoms with van der Waals surface area (Å²) in [6.45, 7) is 1.61. The average molecular weight is 261 g/mol. The van der Waals surface area contributed by atoms with E-state index < -0.39 is 0 Å². The first-order chi connectivity index (χ1) is 9.24. The fourth-order valence-corrected chi connectivity index (χ4v) is 2.84. The molecule has 2 fully saturated rings. The van der Waals surface area contributed by atoms with Crippen LogP contribution in [0.3, 0.4) is 0 Å². The summed E-state index contributed by atoms with van der Waals surface area (Å²) in [5, 5.41) is 6.45. The summed E-state index contributed by atoms with van der Waals surface area (Å²) in [5.41, 5.74) is 0.802. The van der Waals surface area contributed by atoms with E-state index in [4.69, 9.17) is 4.74 Å². The van der Waals surface area contributed by atoms with Gasteiger partial charge < -0.3 is 20.3 Å². The van der Waals surface area contributed by atoms with E-state index in [0.717, 1.165) is 24.5 Å². The van der Waals surface area contributed by atoms with Crippen LogP contribution < -0.4 is 15.4 Å². The number of anilines is 1. The molecule has 2 aliphatic rings. The van der Waals surface area contributed by atoms with E-state index in [9.17, 15) is 4.79 Å². The first kappa shape index (κ1) is 12.3. The summed E-state index contributed by atoms with van der Waals surface area (Å²) < 4.78 is 5.10. The van der Waals surface area contributed by atoms with Gasteiger partial charge in [-0.25, -0.2) is 4.79 Å². The number of fused-ring (bicyclic) bond motifs is 2. The molecule has 2 amide bonds. The number of carbonyl (C=O) groups excluding carboxylic acids is 1. The van der Waals surface area contributed by atoms with Gasteiger partial charge in [-0.15, -0.1) is 0 Å². The Morgan fingerprint density at radius 3 is 2.47 bits per heavy atom. The molecule has 0 radical (unpaired) electrons. The lowest BCUT2D eigenvalue weighted by Crippen LogP contribution is -2.54.